The number of sulfonamides is 1. The molecule has 0 bridgehead atoms. The van der Waals surface area contributed by atoms with Crippen LogP contribution in [-0.2, 0) is 27.8 Å². The normalized spacial score (nSPS) is 11.8. The van der Waals surface area contributed by atoms with Gasteiger partial charge in [-0.15, -0.1) is 0 Å². The van der Waals surface area contributed by atoms with Gasteiger partial charge < -0.3 is 14.6 Å². The SMILES string of the molecule is CCn1c(CCC(=O)NCCOc2cccc(C)c2)nc2cc(S(=O)(=O)N(C)C)ccc21. The van der Waals surface area contributed by atoms with Gasteiger partial charge in [0.15, 0.2) is 0 Å². The molecule has 2 aromatic carbocycles. The van der Waals surface area contributed by atoms with Crippen molar-refractivity contribution in [2.45, 2.75) is 38.1 Å². The van der Waals surface area contributed by atoms with E-state index in [2.05, 4.69) is 10.3 Å². The first kappa shape index (κ1) is 23.7. The molecule has 0 spiro atoms. The Morgan fingerprint density at radius 2 is 1.97 bits per heavy atom. The van der Waals surface area contributed by atoms with Crippen molar-refractivity contribution >= 4 is 27.0 Å². The highest BCUT2D eigenvalue weighted by molar-refractivity contribution is 7.89. The van der Waals surface area contributed by atoms with Gasteiger partial charge in [-0.25, -0.2) is 17.7 Å². The average Bonchev–Trinajstić information content (AvgIpc) is 3.12. The number of fused-ring (bicyclic) bond motifs is 1. The van der Waals surface area contributed by atoms with E-state index in [-0.39, 0.29) is 17.2 Å². The minimum Gasteiger partial charge on any atom is -0.492 e. The molecule has 1 N–H and O–H groups in total. The van der Waals surface area contributed by atoms with Crippen LogP contribution in [0.4, 0.5) is 0 Å². The van der Waals surface area contributed by atoms with E-state index in [0.29, 0.717) is 31.6 Å². The third-order valence-electron chi connectivity index (χ3n) is 5.15. The second-order valence-corrected chi connectivity index (χ2v) is 9.88. The van der Waals surface area contributed by atoms with E-state index in [0.717, 1.165) is 22.7 Å². The second kappa shape index (κ2) is 10.1. The maximum Gasteiger partial charge on any atom is 0.242 e. The number of hydrogen-bond acceptors (Lipinski definition) is 5. The number of rotatable bonds is 10. The molecule has 9 heteroatoms. The summed E-state index contributed by atoms with van der Waals surface area (Å²) in [5.74, 6) is 1.46. The van der Waals surface area contributed by atoms with Gasteiger partial charge in [-0.1, -0.05) is 12.1 Å². The number of ether oxygens (including phenoxy) is 1. The summed E-state index contributed by atoms with van der Waals surface area (Å²) in [5.41, 5.74) is 2.58. The van der Waals surface area contributed by atoms with E-state index in [1.54, 1.807) is 18.2 Å². The average molecular weight is 459 g/mol. The molecule has 0 aliphatic heterocycles. The number of aryl methyl sites for hydroxylation is 3. The lowest BCUT2D eigenvalue weighted by Gasteiger charge is -2.11. The Morgan fingerprint density at radius 1 is 1.19 bits per heavy atom. The molecule has 0 saturated carbocycles. The van der Waals surface area contributed by atoms with Gasteiger partial charge >= 0.3 is 0 Å². The predicted octanol–water partition coefficient (Wildman–Crippen LogP) is 2.74. The van der Waals surface area contributed by atoms with Crippen LogP contribution in [0.3, 0.4) is 0 Å². The largest absolute Gasteiger partial charge is 0.492 e. The van der Waals surface area contributed by atoms with Gasteiger partial charge in [-0.2, -0.15) is 0 Å². The van der Waals surface area contributed by atoms with Gasteiger partial charge in [0.1, 0.15) is 18.2 Å². The topological polar surface area (TPSA) is 93.5 Å². The Kier molecular flexibility index (Phi) is 7.52. The van der Waals surface area contributed by atoms with Crippen LogP contribution in [0.5, 0.6) is 5.75 Å². The smallest absolute Gasteiger partial charge is 0.242 e. The number of imidazole rings is 1. The van der Waals surface area contributed by atoms with E-state index in [4.69, 9.17) is 4.74 Å². The van der Waals surface area contributed by atoms with Gasteiger partial charge in [0.25, 0.3) is 0 Å². The van der Waals surface area contributed by atoms with E-state index in [9.17, 15) is 13.2 Å². The summed E-state index contributed by atoms with van der Waals surface area (Å²) in [7, 11) is -0.531. The molecule has 3 aromatic rings. The molecule has 0 fully saturated rings. The lowest BCUT2D eigenvalue weighted by molar-refractivity contribution is -0.121. The highest BCUT2D eigenvalue weighted by Crippen LogP contribution is 2.22. The fourth-order valence-electron chi connectivity index (χ4n) is 3.45. The van der Waals surface area contributed by atoms with Crippen LogP contribution >= 0.6 is 0 Å². The minimum absolute atomic E-state index is 0.0802. The van der Waals surface area contributed by atoms with Crippen LogP contribution in [0.1, 0.15) is 24.7 Å². The summed E-state index contributed by atoms with van der Waals surface area (Å²) in [4.78, 5) is 17.1. The Bertz CT molecular complexity index is 1200. The van der Waals surface area contributed by atoms with Crippen LogP contribution in [0, 0.1) is 6.92 Å². The summed E-state index contributed by atoms with van der Waals surface area (Å²) in [6.07, 6.45) is 0.749. The van der Waals surface area contributed by atoms with Gasteiger partial charge in [0.05, 0.1) is 22.5 Å². The molecule has 0 radical (unpaired) electrons. The zero-order valence-electron chi connectivity index (χ0n) is 19.0. The van der Waals surface area contributed by atoms with Crippen molar-refractivity contribution in [3.63, 3.8) is 0 Å². The number of nitrogens with zero attached hydrogens (tertiary/aromatic N) is 3. The predicted molar refractivity (Wildman–Crippen MR) is 124 cm³/mol. The molecular weight excluding hydrogens is 428 g/mol. The summed E-state index contributed by atoms with van der Waals surface area (Å²) in [6.45, 7) is 5.49. The third-order valence-corrected chi connectivity index (χ3v) is 6.96. The van der Waals surface area contributed by atoms with Crippen molar-refractivity contribution < 1.29 is 17.9 Å². The quantitative estimate of drug-likeness (QED) is 0.472. The number of carbonyl (C=O) groups is 1. The number of aromatic nitrogens is 2. The maximum atomic E-state index is 12.4. The standard InChI is InChI=1S/C23H30N4O4S/c1-5-27-21-10-9-19(32(29,30)26(3)4)16-20(21)25-22(27)11-12-23(28)24-13-14-31-18-8-6-7-17(2)15-18/h6-10,15-16H,5,11-14H2,1-4H3,(H,24,28). The molecular formula is C23H30N4O4S. The van der Waals surface area contributed by atoms with Crippen molar-refractivity contribution in [3.05, 3.63) is 53.9 Å². The molecule has 1 aromatic heterocycles. The number of benzene rings is 2. The molecule has 172 valence electrons. The van der Waals surface area contributed by atoms with E-state index in [1.807, 2.05) is 42.7 Å². The van der Waals surface area contributed by atoms with Gasteiger partial charge in [0.2, 0.25) is 15.9 Å². The Labute approximate surface area is 189 Å². The van der Waals surface area contributed by atoms with Crippen molar-refractivity contribution in [1.82, 2.24) is 19.2 Å². The lowest BCUT2D eigenvalue weighted by atomic mass is 10.2. The fourth-order valence-corrected chi connectivity index (χ4v) is 4.37. The van der Waals surface area contributed by atoms with E-state index in [1.165, 1.54) is 18.4 Å². The molecule has 3 rings (SSSR count). The summed E-state index contributed by atoms with van der Waals surface area (Å²) >= 11 is 0. The van der Waals surface area contributed by atoms with E-state index < -0.39 is 10.0 Å². The minimum atomic E-state index is -3.53. The van der Waals surface area contributed by atoms with Crippen LogP contribution in [0.25, 0.3) is 11.0 Å². The van der Waals surface area contributed by atoms with Crippen LogP contribution < -0.4 is 10.1 Å². The Morgan fingerprint density at radius 3 is 2.66 bits per heavy atom. The second-order valence-electron chi connectivity index (χ2n) is 7.73. The van der Waals surface area contributed by atoms with Gasteiger partial charge in [-0.3, -0.25) is 4.79 Å². The zero-order chi connectivity index (χ0) is 23.3. The summed E-state index contributed by atoms with van der Waals surface area (Å²) in [6, 6.07) is 12.7. The number of hydrogen-bond donors (Lipinski definition) is 1. The summed E-state index contributed by atoms with van der Waals surface area (Å²) < 4.78 is 33.7. The summed E-state index contributed by atoms with van der Waals surface area (Å²) in [5, 5.41) is 2.86. The lowest BCUT2D eigenvalue weighted by Crippen LogP contribution is -2.28. The highest BCUT2D eigenvalue weighted by Gasteiger charge is 2.19. The molecule has 0 aliphatic carbocycles. The van der Waals surface area contributed by atoms with Crippen molar-refractivity contribution in [2.75, 3.05) is 27.2 Å². The van der Waals surface area contributed by atoms with E-state index >= 15 is 0 Å². The third kappa shape index (κ3) is 5.46. The monoisotopic (exact) mass is 458 g/mol. The van der Waals surface area contributed by atoms with Gasteiger partial charge in [0, 0.05) is 33.5 Å². The van der Waals surface area contributed by atoms with Crippen molar-refractivity contribution in [2.24, 2.45) is 0 Å². The molecule has 0 atom stereocenters. The molecule has 0 unspecified atom stereocenters. The molecule has 0 saturated heterocycles. The first-order valence-corrected chi connectivity index (χ1v) is 12.0. The number of nitrogens with one attached hydrogen (secondary N) is 1. The zero-order valence-corrected chi connectivity index (χ0v) is 19.8. The van der Waals surface area contributed by atoms with Crippen molar-refractivity contribution in [1.29, 1.82) is 0 Å². The molecule has 32 heavy (non-hydrogen) atoms. The molecule has 1 amide bonds. The maximum absolute atomic E-state index is 12.4. The van der Waals surface area contributed by atoms with Crippen LogP contribution in [-0.4, -0.2) is 55.4 Å². The highest BCUT2D eigenvalue weighted by atomic mass is 32.2. The molecule has 8 nitrogen and oxygen atoms in total. The fraction of sp³-hybridized carbons (Fsp3) is 0.391. The number of carbonyl (C=O) groups excluding carboxylic acids is 1. The molecule has 0 aliphatic rings. The van der Waals surface area contributed by atoms with Crippen LogP contribution in [0.2, 0.25) is 0 Å². The number of amides is 1. The van der Waals surface area contributed by atoms with Crippen LogP contribution in [0.15, 0.2) is 47.4 Å². The first-order valence-electron chi connectivity index (χ1n) is 10.6. The van der Waals surface area contributed by atoms with Gasteiger partial charge in [-0.05, 0) is 49.7 Å². The van der Waals surface area contributed by atoms with Crippen molar-refractivity contribution in [3.8, 4) is 5.75 Å². The Hall–Kier alpha value is -2.91. The molecule has 1 heterocycles. The first-order chi connectivity index (χ1) is 15.2. The Balaban J connectivity index is 1.59.